The molecule has 0 radical (unpaired) electrons. The summed E-state index contributed by atoms with van der Waals surface area (Å²) in [6.45, 7) is 0. The van der Waals surface area contributed by atoms with E-state index in [1.807, 2.05) is 30.6 Å². The fraction of sp³-hybridized carbons (Fsp3) is 0. The Morgan fingerprint density at radius 1 is 0.800 bits per heavy atom. The summed E-state index contributed by atoms with van der Waals surface area (Å²) < 4.78 is 1.08. The summed E-state index contributed by atoms with van der Waals surface area (Å²) in [5, 5.41) is 3.56. The molecular weight excluding hydrogens is 312 g/mol. The Bertz CT molecular complexity index is 907. The van der Waals surface area contributed by atoms with Gasteiger partial charge in [-0.05, 0) is 18.2 Å². The number of rotatable bonds is 1. The zero-order valence-corrected chi connectivity index (χ0v) is 12.2. The molecule has 2 nitrogen and oxygen atoms in total. The molecule has 2 aromatic heterocycles. The van der Waals surface area contributed by atoms with Gasteiger partial charge in [-0.3, -0.25) is 0 Å². The molecule has 20 heavy (non-hydrogen) atoms. The molecule has 2 aromatic carbocycles. The predicted molar refractivity (Wildman–Crippen MR) is 86.7 cm³/mol. The molecule has 0 bridgehead atoms. The standard InChI is InChI=1S/C17H11BrN2/c18-12-7-5-11(6-8-12)17-15-10-19-9-14(15)13-3-1-2-4-16(13)20-17/h1-10,19H. The number of aromatic amines is 1. The third-order valence-corrected chi connectivity index (χ3v) is 4.07. The molecule has 96 valence electrons. The Balaban J connectivity index is 2.11. The van der Waals surface area contributed by atoms with Crippen molar-refractivity contribution in [2.75, 3.05) is 0 Å². The van der Waals surface area contributed by atoms with Crippen LogP contribution >= 0.6 is 15.9 Å². The van der Waals surface area contributed by atoms with Crippen LogP contribution in [0.15, 0.2) is 65.4 Å². The maximum absolute atomic E-state index is 4.84. The number of hydrogen-bond acceptors (Lipinski definition) is 1. The van der Waals surface area contributed by atoms with Gasteiger partial charge in [0.15, 0.2) is 0 Å². The molecule has 4 aromatic rings. The Morgan fingerprint density at radius 2 is 1.55 bits per heavy atom. The van der Waals surface area contributed by atoms with E-state index in [0.717, 1.165) is 26.6 Å². The lowest BCUT2D eigenvalue weighted by Crippen LogP contribution is -1.87. The molecule has 0 atom stereocenters. The van der Waals surface area contributed by atoms with Crippen molar-refractivity contribution in [1.82, 2.24) is 9.97 Å². The van der Waals surface area contributed by atoms with Crippen LogP contribution in [-0.4, -0.2) is 9.97 Å². The van der Waals surface area contributed by atoms with Crippen LogP contribution in [0.2, 0.25) is 0 Å². The first kappa shape index (κ1) is 11.7. The van der Waals surface area contributed by atoms with E-state index in [1.54, 1.807) is 0 Å². The maximum atomic E-state index is 4.84. The predicted octanol–water partition coefficient (Wildman–Crippen LogP) is 5.15. The first-order valence-electron chi connectivity index (χ1n) is 6.44. The highest BCUT2D eigenvalue weighted by Gasteiger charge is 2.10. The molecule has 0 unspecified atom stereocenters. The largest absolute Gasteiger partial charge is 0.366 e. The second-order valence-corrected chi connectivity index (χ2v) is 5.68. The molecule has 0 aliphatic heterocycles. The summed E-state index contributed by atoms with van der Waals surface area (Å²) in [4.78, 5) is 8.04. The average Bonchev–Trinajstić information content (AvgIpc) is 2.97. The van der Waals surface area contributed by atoms with E-state index in [0.29, 0.717) is 0 Å². The molecule has 1 N–H and O–H groups in total. The molecule has 0 fully saturated rings. The van der Waals surface area contributed by atoms with Crippen LogP contribution in [0.5, 0.6) is 0 Å². The first-order chi connectivity index (χ1) is 9.83. The van der Waals surface area contributed by atoms with Gasteiger partial charge in [0.1, 0.15) is 0 Å². The zero-order chi connectivity index (χ0) is 13.5. The quantitative estimate of drug-likeness (QED) is 0.516. The van der Waals surface area contributed by atoms with Gasteiger partial charge in [0.2, 0.25) is 0 Å². The lowest BCUT2D eigenvalue weighted by molar-refractivity contribution is 1.41. The summed E-state index contributed by atoms with van der Waals surface area (Å²) in [5.74, 6) is 0. The van der Waals surface area contributed by atoms with E-state index >= 15 is 0 Å². The highest BCUT2D eigenvalue weighted by Crippen LogP contribution is 2.32. The summed E-state index contributed by atoms with van der Waals surface area (Å²) in [5.41, 5.74) is 3.17. The monoisotopic (exact) mass is 322 g/mol. The van der Waals surface area contributed by atoms with E-state index in [4.69, 9.17) is 4.98 Å². The van der Waals surface area contributed by atoms with Gasteiger partial charge in [-0.1, -0.05) is 46.3 Å². The number of pyridine rings is 1. The van der Waals surface area contributed by atoms with Crippen molar-refractivity contribution in [2.24, 2.45) is 0 Å². The van der Waals surface area contributed by atoms with Gasteiger partial charge in [-0.25, -0.2) is 4.98 Å². The van der Waals surface area contributed by atoms with Crippen molar-refractivity contribution in [3.8, 4) is 11.3 Å². The summed E-state index contributed by atoms with van der Waals surface area (Å²) in [6, 6.07) is 16.5. The highest BCUT2D eigenvalue weighted by atomic mass is 79.9. The van der Waals surface area contributed by atoms with Crippen molar-refractivity contribution in [3.63, 3.8) is 0 Å². The smallest absolute Gasteiger partial charge is 0.0803 e. The number of fused-ring (bicyclic) bond motifs is 3. The lowest BCUT2D eigenvalue weighted by Gasteiger charge is -2.06. The number of para-hydroxylation sites is 1. The second kappa shape index (κ2) is 4.46. The van der Waals surface area contributed by atoms with Crippen LogP contribution in [0.25, 0.3) is 32.9 Å². The first-order valence-corrected chi connectivity index (χ1v) is 7.23. The molecule has 4 rings (SSSR count). The third kappa shape index (κ3) is 1.74. The molecular formula is C17H11BrN2. The van der Waals surface area contributed by atoms with Crippen molar-refractivity contribution < 1.29 is 0 Å². The van der Waals surface area contributed by atoms with Crippen molar-refractivity contribution in [3.05, 3.63) is 65.4 Å². The van der Waals surface area contributed by atoms with Crippen molar-refractivity contribution in [2.45, 2.75) is 0 Å². The molecule has 0 saturated carbocycles. The number of benzene rings is 2. The zero-order valence-electron chi connectivity index (χ0n) is 10.6. The summed E-state index contributed by atoms with van der Waals surface area (Å²) in [6.07, 6.45) is 4.06. The minimum atomic E-state index is 1.02. The Hall–Kier alpha value is -2.13. The molecule has 0 amide bonds. The normalized spacial score (nSPS) is 11.2. The maximum Gasteiger partial charge on any atom is 0.0803 e. The van der Waals surface area contributed by atoms with Gasteiger partial charge < -0.3 is 4.98 Å². The summed E-state index contributed by atoms with van der Waals surface area (Å²) in [7, 11) is 0. The van der Waals surface area contributed by atoms with E-state index in [9.17, 15) is 0 Å². The van der Waals surface area contributed by atoms with E-state index in [2.05, 4.69) is 51.2 Å². The Kier molecular flexibility index (Phi) is 2.60. The SMILES string of the molecule is Brc1ccc(-c2nc3ccccc3c3c[nH]cc23)cc1. The van der Waals surface area contributed by atoms with Crippen molar-refractivity contribution in [1.29, 1.82) is 0 Å². The van der Waals surface area contributed by atoms with Crippen LogP contribution in [0.4, 0.5) is 0 Å². The minimum absolute atomic E-state index is 1.02. The number of nitrogens with zero attached hydrogens (tertiary/aromatic N) is 1. The number of aromatic nitrogens is 2. The third-order valence-electron chi connectivity index (χ3n) is 3.54. The minimum Gasteiger partial charge on any atom is -0.366 e. The van der Waals surface area contributed by atoms with Gasteiger partial charge in [-0.15, -0.1) is 0 Å². The molecule has 0 spiro atoms. The number of nitrogens with one attached hydrogen (secondary N) is 1. The molecule has 0 aliphatic carbocycles. The fourth-order valence-electron chi connectivity index (χ4n) is 2.59. The van der Waals surface area contributed by atoms with Gasteiger partial charge in [0.05, 0.1) is 11.2 Å². The molecule has 0 aliphatic rings. The Labute approximate surface area is 124 Å². The van der Waals surface area contributed by atoms with Gasteiger partial charge >= 0.3 is 0 Å². The molecule has 3 heteroatoms. The van der Waals surface area contributed by atoms with E-state index in [-0.39, 0.29) is 0 Å². The van der Waals surface area contributed by atoms with Crippen LogP contribution < -0.4 is 0 Å². The lowest BCUT2D eigenvalue weighted by atomic mass is 10.0. The molecule has 0 saturated heterocycles. The van der Waals surface area contributed by atoms with Crippen molar-refractivity contribution >= 4 is 37.6 Å². The fourth-order valence-corrected chi connectivity index (χ4v) is 2.85. The van der Waals surface area contributed by atoms with Gasteiger partial charge in [0.25, 0.3) is 0 Å². The van der Waals surface area contributed by atoms with Gasteiger partial charge in [0, 0.05) is 38.6 Å². The summed E-state index contributed by atoms with van der Waals surface area (Å²) >= 11 is 3.47. The van der Waals surface area contributed by atoms with Crippen LogP contribution in [0.3, 0.4) is 0 Å². The van der Waals surface area contributed by atoms with Crippen LogP contribution in [-0.2, 0) is 0 Å². The van der Waals surface area contributed by atoms with Gasteiger partial charge in [-0.2, -0.15) is 0 Å². The van der Waals surface area contributed by atoms with Crippen LogP contribution in [0, 0.1) is 0 Å². The van der Waals surface area contributed by atoms with Crippen LogP contribution in [0.1, 0.15) is 0 Å². The Morgan fingerprint density at radius 3 is 2.40 bits per heavy atom. The highest BCUT2D eigenvalue weighted by molar-refractivity contribution is 9.10. The second-order valence-electron chi connectivity index (χ2n) is 4.77. The van der Waals surface area contributed by atoms with E-state index in [1.165, 1.54) is 10.8 Å². The van der Waals surface area contributed by atoms with E-state index < -0.39 is 0 Å². The number of hydrogen-bond donors (Lipinski definition) is 1. The number of halogens is 1. The average molecular weight is 323 g/mol. The number of H-pyrrole nitrogens is 1. The molecule has 2 heterocycles. The topological polar surface area (TPSA) is 28.7 Å².